The molecular weight excluding hydrogens is 232 g/mol. The van der Waals surface area contributed by atoms with Crippen LogP contribution in [0.1, 0.15) is 31.2 Å². The number of nitrogens with one attached hydrogen (secondary N) is 1. The van der Waals surface area contributed by atoms with Gasteiger partial charge in [0.05, 0.1) is 0 Å². The van der Waals surface area contributed by atoms with Gasteiger partial charge in [-0.25, -0.2) is 0 Å². The highest BCUT2D eigenvalue weighted by atomic mass is 14.9. The van der Waals surface area contributed by atoms with Crippen molar-refractivity contribution in [1.29, 1.82) is 0 Å². The van der Waals surface area contributed by atoms with Crippen LogP contribution in [0.4, 0.5) is 5.69 Å². The molecule has 1 saturated carbocycles. The van der Waals surface area contributed by atoms with Gasteiger partial charge in [-0.05, 0) is 55.5 Å². The molecule has 0 saturated heterocycles. The zero-order valence-electron chi connectivity index (χ0n) is 11.5. The van der Waals surface area contributed by atoms with E-state index < -0.39 is 0 Å². The summed E-state index contributed by atoms with van der Waals surface area (Å²) in [5.74, 6) is 0. The molecule has 2 aromatic carbocycles. The zero-order chi connectivity index (χ0) is 13.2. The molecule has 0 aromatic heterocycles. The molecule has 0 spiro atoms. The van der Waals surface area contributed by atoms with Gasteiger partial charge in [0.25, 0.3) is 0 Å². The van der Waals surface area contributed by atoms with Crippen molar-refractivity contribution in [3.05, 3.63) is 42.0 Å². The van der Waals surface area contributed by atoms with Gasteiger partial charge >= 0.3 is 0 Å². The smallest absolute Gasteiger partial charge is 0.0348 e. The Morgan fingerprint density at radius 3 is 2.42 bits per heavy atom. The van der Waals surface area contributed by atoms with Crippen molar-refractivity contribution in [2.24, 2.45) is 5.73 Å². The highest BCUT2D eigenvalue weighted by Crippen LogP contribution is 2.24. The summed E-state index contributed by atoms with van der Waals surface area (Å²) < 4.78 is 0. The van der Waals surface area contributed by atoms with E-state index in [-0.39, 0.29) is 0 Å². The van der Waals surface area contributed by atoms with E-state index in [4.69, 9.17) is 5.73 Å². The fraction of sp³-hybridized carbons (Fsp3) is 0.412. The van der Waals surface area contributed by atoms with Crippen LogP contribution < -0.4 is 11.1 Å². The second kappa shape index (κ2) is 5.22. The largest absolute Gasteiger partial charge is 0.382 e. The second-order valence-electron chi connectivity index (χ2n) is 5.82. The van der Waals surface area contributed by atoms with Crippen molar-refractivity contribution in [2.75, 3.05) is 5.32 Å². The van der Waals surface area contributed by atoms with Crippen LogP contribution in [0.5, 0.6) is 0 Å². The molecule has 100 valence electrons. The summed E-state index contributed by atoms with van der Waals surface area (Å²) in [6, 6.07) is 14.3. The first-order chi connectivity index (χ1) is 9.20. The third-order valence-corrected chi connectivity index (χ3v) is 4.14. The molecule has 2 aromatic rings. The molecule has 2 heteroatoms. The van der Waals surface area contributed by atoms with Crippen LogP contribution in [0, 0.1) is 6.92 Å². The van der Waals surface area contributed by atoms with Crippen LogP contribution >= 0.6 is 0 Å². The highest BCUT2D eigenvalue weighted by molar-refractivity contribution is 5.86. The molecule has 3 rings (SSSR count). The minimum atomic E-state index is 0.414. The lowest BCUT2D eigenvalue weighted by molar-refractivity contribution is 0.411. The normalized spacial score (nSPS) is 23.5. The van der Waals surface area contributed by atoms with Gasteiger partial charge in [0, 0.05) is 17.8 Å². The highest BCUT2D eigenvalue weighted by Gasteiger charge is 2.18. The van der Waals surface area contributed by atoms with Gasteiger partial charge < -0.3 is 11.1 Å². The summed E-state index contributed by atoms with van der Waals surface area (Å²) in [6.07, 6.45) is 4.66. The van der Waals surface area contributed by atoms with Gasteiger partial charge in [-0.1, -0.05) is 29.8 Å². The number of nitrogens with two attached hydrogens (primary N) is 1. The molecule has 0 unspecified atom stereocenters. The Balaban J connectivity index is 1.76. The third-order valence-electron chi connectivity index (χ3n) is 4.14. The van der Waals surface area contributed by atoms with E-state index in [1.807, 2.05) is 0 Å². The Kier molecular flexibility index (Phi) is 3.43. The van der Waals surface area contributed by atoms with Gasteiger partial charge in [-0.2, -0.15) is 0 Å². The molecule has 0 atom stereocenters. The zero-order valence-corrected chi connectivity index (χ0v) is 11.5. The first-order valence-corrected chi connectivity index (χ1v) is 7.23. The summed E-state index contributed by atoms with van der Waals surface area (Å²) in [4.78, 5) is 0. The number of aryl methyl sites for hydroxylation is 1. The molecular formula is C17H22N2. The molecule has 0 bridgehead atoms. The fourth-order valence-corrected chi connectivity index (χ4v) is 2.95. The molecule has 1 aliphatic carbocycles. The Morgan fingerprint density at radius 2 is 1.63 bits per heavy atom. The van der Waals surface area contributed by atoms with Gasteiger partial charge in [0.15, 0.2) is 0 Å². The van der Waals surface area contributed by atoms with Crippen molar-refractivity contribution in [3.63, 3.8) is 0 Å². The first-order valence-electron chi connectivity index (χ1n) is 7.23. The van der Waals surface area contributed by atoms with Crippen LogP contribution in [0.15, 0.2) is 36.4 Å². The Bertz CT molecular complexity index is 568. The maximum Gasteiger partial charge on any atom is 0.0348 e. The number of hydrogen-bond acceptors (Lipinski definition) is 2. The second-order valence-corrected chi connectivity index (χ2v) is 5.82. The minimum absolute atomic E-state index is 0.414. The number of hydrogen-bond donors (Lipinski definition) is 2. The molecule has 0 aliphatic heterocycles. The lowest BCUT2D eigenvalue weighted by atomic mass is 9.91. The SMILES string of the molecule is Cc1ccc2cc(NC3CCC(N)CC3)ccc2c1. The summed E-state index contributed by atoms with van der Waals surface area (Å²) in [6.45, 7) is 2.14. The predicted molar refractivity (Wildman–Crippen MR) is 82.5 cm³/mol. The average molecular weight is 254 g/mol. The van der Waals surface area contributed by atoms with Crippen LogP contribution in [0.25, 0.3) is 10.8 Å². The van der Waals surface area contributed by atoms with Crippen LogP contribution in [-0.2, 0) is 0 Å². The van der Waals surface area contributed by atoms with Crippen molar-refractivity contribution in [3.8, 4) is 0 Å². The van der Waals surface area contributed by atoms with Crippen molar-refractivity contribution in [2.45, 2.75) is 44.7 Å². The van der Waals surface area contributed by atoms with E-state index in [9.17, 15) is 0 Å². The average Bonchev–Trinajstić information content (AvgIpc) is 2.42. The Labute approximate surface area is 115 Å². The lowest BCUT2D eigenvalue weighted by Gasteiger charge is -2.27. The van der Waals surface area contributed by atoms with E-state index in [2.05, 4.69) is 48.6 Å². The summed E-state index contributed by atoms with van der Waals surface area (Å²) in [5.41, 5.74) is 8.50. The van der Waals surface area contributed by atoms with Crippen LogP contribution in [0.3, 0.4) is 0 Å². The van der Waals surface area contributed by atoms with E-state index in [0.29, 0.717) is 12.1 Å². The molecule has 0 heterocycles. The topological polar surface area (TPSA) is 38.0 Å². The van der Waals surface area contributed by atoms with Crippen LogP contribution in [-0.4, -0.2) is 12.1 Å². The minimum Gasteiger partial charge on any atom is -0.382 e. The molecule has 1 aliphatic rings. The summed E-state index contributed by atoms with van der Waals surface area (Å²) in [5, 5.41) is 6.28. The van der Waals surface area contributed by atoms with Crippen LogP contribution in [0.2, 0.25) is 0 Å². The predicted octanol–water partition coefficient (Wildman–Crippen LogP) is 3.83. The quantitative estimate of drug-likeness (QED) is 0.854. The van der Waals surface area contributed by atoms with E-state index >= 15 is 0 Å². The number of fused-ring (bicyclic) bond motifs is 1. The Hall–Kier alpha value is -1.54. The number of benzene rings is 2. The van der Waals surface area contributed by atoms with Crippen molar-refractivity contribution in [1.82, 2.24) is 0 Å². The van der Waals surface area contributed by atoms with Gasteiger partial charge in [-0.3, -0.25) is 0 Å². The third kappa shape index (κ3) is 2.90. The van der Waals surface area contributed by atoms with Gasteiger partial charge in [0.2, 0.25) is 0 Å². The molecule has 0 radical (unpaired) electrons. The monoisotopic (exact) mass is 254 g/mol. The first kappa shape index (κ1) is 12.5. The molecule has 19 heavy (non-hydrogen) atoms. The number of rotatable bonds is 2. The van der Waals surface area contributed by atoms with E-state index in [1.165, 1.54) is 34.9 Å². The number of anilines is 1. The van der Waals surface area contributed by atoms with Crippen molar-refractivity contribution < 1.29 is 0 Å². The molecule has 2 nitrogen and oxygen atoms in total. The Morgan fingerprint density at radius 1 is 0.947 bits per heavy atom. The van der Waals surface area contributed by atoms with Gasteiger partial charge in [-0.15, -0.1) is 0 Å². The molecule has 3 N–H and O–H groups in total. The van der Waals surface area contributed by atoms with E-state index in [0.717, 1.165) is 12.8 Å². The maximum atomic E-state index is 5.95. The maximum absolute atomic E-state index is 5.95. The summed E-state index contributed by atoms with van der Waals surface area (Å²) >= 11 is 0. The standard InChI is InChI=1S/C17H22N2/c1-12-2-3-14-11-17(7-4-13(14)10-12)19-16-8-5-15(18)6-9-16/h2-4,7,10-11,15-16,19H,5-6,8-9,18H2,1H3. The lowest BCUT2D eigenvalue weighted by Crippen LogP contribution is -2.32. The molecule has 0 amide bonds. The molecule has 1 fully saturated rings. The van der Waals surface area contributed by atoms with Crippen molar-refractivity contribution >= 4 is 16.5 Å². The summed E-state index contributed by atoms with van der Waals surface area (Å²) in [7, 11) is 0. The van der Waals surface area contributed by atoms with Gasteiger partial charge in [0.1, 0.15) is 0 Å². The fourth-order valence-electron chi connectivity index (χ4n) is 2.95. The van der Waals surface area contributed by atoms with E-state index in [1.54, 1.807) is 0 Å².